The van der Waals surface area contributed by atoms with Crippen LogP contribution in [0.1, 0.15) is 34.6 Å². The molecule has 0 saturated carbocycles. The lowest BCUT2D eigenvalue weighted by Gasteiger charge is -2.22. The van der Waals surface area contributed by atoms with E-state index in [-0.39, 0.29) is 5.76 Å². The van der Waals surface area contributed by atoms with Crippen LogP contribution in [0.15, 0.2) is 47.1 Å². The van der Waals surface area contributed by atoms with Crippen LogP contribution in [0.4, 0.5) is 0 Å². The molecule has 0 aliphatic carbocycles. The first-order chi connectivity index (χ1) is 10.0. The Labute approximate surface area is 122 Å². The van der Waals surface area contributed by atoms with Gasteiger partial charge in [0.05, 0.1) is 18.2 Å². The first-order valence-electron chi connectivity index (χ1n) is 6.63. The van der Waals surface area contributed by atoms with Crippen LogP contribution in [0, 0.1) is 12.8 Å². The molecule has 2 aromatic rings. The van der Waals surface area contributed by atoms with Crippen LogP contribution in [0.5, 0.6) is 0 Å². The van der Waals surface area contributed by atoms with Crippen LogP contribution < -0.4 is 5.32 Å². The van der Waals surface area contributed by atoms with E-state index in [1.165, 1.54) is 6.26 Å². The van der Waals surface area contributed by atoms with Gasteiger partial charge in [0.25, 0.3) is 5.91 Å². The minimum Gasteiger partial charge on any atom is -0.481 e. The topological polar surface area (TPSA) is 79.5 Å². The number of carbonyl (C=O) groups excluding carboxylic acids is 1. The average molecular weight is 287 g/mol. The number of rotatable bonds is 5. The van der Waals surface area contributed by atoms with Gasteiger partial charge >= 0.3 is 5.97 Å². The number of benzene rings is 1. The number of carbonyl (C=O) groups is 2. The summed E-state index contributed by atoms with van der Waals surface area (Å²) >= 11 is 0. The number of aliphatic carboxylic acids is 1. The summed E-state index contributed by atoms with van der Waals surface area (Å²) in [5.74, 6) is -1.94. The van der Waals surface area contributed by atoms with Crippen molar-refractivity contribution in [3.63, 3.8) is 0 Å². The van der Waals surface area contributed by atoms with Crippen molar-refractivity contribution in [3.8, 4) is 0 Å². The Hall–Kier alpha value is -2.56. The zero-order valence-electron chi connectivity index (χ0n) is 11.9. The van der Waals surface area contributed by atoms with Crippen LogP contribution in [-0.4, -0.2) is 17.0 Å². The summed E-state index contributed by atoms with van der Waals surface area (Å²) < 4.78 is 5.14. The van der Waals surface area contributed by atoms with Crippen LogP contribution >= 0.6 is 0 Å². The van der Waals surface area contributed by atoms with Crippen LogP contribution in [0.3, 0.4) is 0 Å². The second-order valence-corrected chi connectivity index (χ2v) is 4.92. The first-order valence-corrected chi connectivity index (χ1v) is 6.63. The number of furan rings is 1. The van der Waals surface area contributed by atoms with Crippen molar-refractivity contribution in [3.05, 3.63) is 59.5 Å². The largest absolute Gasteiger partial charge is 0.481 e. The molecular formula is C16H17NO4. The smallest absolute Gasteiger partial charge is 0.308 e. The number of amides is 1. The summed E-state index contributed by atoms with van der Waals surface area (Å²) in [6.45, 7) is 3.33. The number of aryl methyl sites for hydroxylation is 1. The van der Waals surface area contributed by atoms with Gasteiger partial charge in [0.1, 0.15) is 0 Å². The van der Waals surface area contributed by atoms with E-state index in [1.807, 2.05) is 6.07 Å². The molecule has 1 heterocycles. The molecule has 0 saturated heterocycles. The van der Waals surface area contributed by atoms with Gasteiger partial charge < -0.3 is 14.8 Å². The van der Waals surface area contributed by atoms with E-state index in [4.69, 9.17) is 4.42 Å². The zero-order chi connectivity index (χ0) is 15.4. The maximum atomic E-state index is 12.2. The van der Waals surface area contributed by atoms with E-state index >= 15 is 0 Å². The molecule has 1 amide bonds. The lowest BCUT2D eigenvalue weighted by Crippen LogP contribution is -2.35. The summed E-state index contributed by atoms with van der Waals surface area (Å²) in [7, 11) is 0. The number of hydrogen-bond donors (Lipinski definition) is 2. The summed E-state index contributed by atoms with van der Waals surface area (Å²) in [6.07, 6.45) is 1.43. The Morgan fingerprint density at radius 3 is 2.38 bits per heavy atom. The molecule has 0 bridgehead atoms. The van der Waals surface area contributed by atoms with Gasteiger partial charge in [0.15, 0.2) is 5.76 Å². The average Bonchev–Trinajstić information content (AvgIpc) is 2.91. The third-order valence-electron chi connectivity index (χ3n) is 3.40. The van der Waals surface area contributed by atoms with Crippen molar-refractivity contribution < 1.29 is 19.1 Å². The summed E-state index contributed by atoms with van der Waals surface area (Å²) in [6, 6.07) is 10.1. The van der Waals surface area contributed by atoms with Gasteiger partial charge in [-0.25, -0.2) is 0 Å². The van der Waals surface area contributed by atoms with Gasteiger partial charge in [-0.05, 0) is 25.5 Å². The number of carboxylic acids is 1. The highest BCUT2D eigenvalue weighted by atomic mass is 16.4. The van der Waals surface area contributed by atoms with E-state index in [0.29, 0.717) is 5.56 Å². The van der Waals surface area contributed by atoms with Crippen LogP contribution in [-0.2, 0) is 4.79 Å². The molecule has 0 aliphatic heterocycles. The number of carboxylic acid groups (broad SMARTS) is 1. The maximum Gasteiger partial charge on any atom is 0.308 e. The van der Waals surface area contributed by atoms with Crippen molar-refractivity contribution >= 4 is 11.9 Å². The van der Waals surface area contributed by atoms with Gasteiger partial charge in [0.2, 0.25) is 0 Å². The fourth-order valence-electron chi connectivity index (χ4n) is 2.11. The molecule has 5 heteroatoms. The molecule has 110 valence electrons. The quantitative estimate of drug-likeness (QED) is 0.886. The fraction of sp³-hybridized carbons (Fsp3) is 0.250. The predicted octanol–water partition coefficient (Wildman–Crippen LogP) is 2.78. The third-order valence-corrected chi connectivity index (χ3v) is 3.40. The highest BCUT2D eigenvalue weighted by Gasteiger charge is 2.28. The molecular weight excluding hydrogens is 270 g/mol. The Bertz CT molecular complexity index is 633. The van der Waals surface area contributed by atoms with Gasteiger partial charge in [0, 0.05) is 5.56 Å². The second kappa shape index (κ2) is 6.26. The lowest BCUT2D eigenvalue weighted by molar-refractivity contribution is -0.142. The van der Waals surface area contributed by atoms with E-state index in [1.54, 1.807) is 44.2 Å². The van der Waals surface area contributed by atoms with Crippen molar-refractivity contribution in [1.29, 1.82) is 0 Å². The molecule has 1 aromatic carbocycles. The van der Waals surface area contributed by atoms with Gasteiger partial charge in [-0.15, -0.1) is 0 Å². The minimum atomic E-state index is -0.972. The summed E-state index contributed by atoms with van der Waals surface area (Å²) in [5, 5.41) is 12.0. The molecule has 2 atom stereocenters. The highest BCUT2D eigenvalue weighted by Crippen LogP contribution is 2.23. The Balaban J connectivity index is 2.27. The Morgan fingerprint density at radius 2 is 1.86 bits per heavy atom. The monoisotopic (exact) mass is 287 g/mol. The van der Waals surface area contributed by atoms with Crippen molar-refractivity contribution in [2.75, 3.05) is 0 Å². The molecule has 21 heavy (non-hydrogen) atoms. The fourth-order valence-corrected chi connectivity index (χ4v) is 2.11. The van der Waals surface area contributed by atoms with Crippen molar-refractivity contribution in [1.82, 2.24) is 5.32 Å². The summed E-state index contributed by atoms with van der Waals surface area (Å²) in [5.41, 5.74) is 1.45. The zero-order valence-corrected chi connectivity index (χ0v) is 11.9. The van der Waals surface area contributed by atoms with Crippen molar-refractivity contribution in [2.45, 2.75) is 19.9 Å². The SMILES string of the molecule is Cc1ccoc1C(=O)NC(c1ccccc1)C(C)C(=O)O. The Kier molecular flexibility index (Phi) is 4.42. The molecule has 0 radical (unpaired) electrons. The molecule has 2 N–H and O–H groups in total. The lowest BCUT2D eigenvalue weighted by atomic mass is 9.94. The van der Waals surface area contributed by atoms with Crippen LogP contribution in [0.25, 0.3) is 0 Å². The molecule has 0 spiro atoms. The predicted molar refractivity (Wildman–Crippen MR) is 76.9 cm³/mol. The summed E-state index contributed by atoms with van der Waals surface area (Å²) in [4.78, 5) is 23.5. The second-order valence-electron chi connectivity index (χ2n) is 4.92. The molecule has 2 rings (SSSR count). The molecule has 0 fully saturated rings. The van der Waals surface area contributed by atoms with Gasteiger partial charge in [-0.1, -0.05) is 30.3 Å². The number of hydrogen-bond acceptors (Lipinski definition) is 3. The van der Waals surface area contributed by atoms with E-state index in [0.717, 1.165) is 5.56 Å². The number of nitrogens with one attached hydrogen (secondary N) is 1. The molecule has 2 unspecified atom stereocenters. The first kappa shape index (κ1) is 14.8. The molecule has 0 aliphatic rings. The maximum absolute atomic E-state index is 12.2. The highest BCUT2D eigenvalue weighted by molar-refractivity contribution is 5.93. The van der Waals surface area contributed by atoms with E-state index in [9.17, 15) is 14.7 Å². The molecule has 1 aromatic heterocycles. The van der Waals surface area contributed by atoms with Crippen LogP contribution in [0.2, 0.25) is 0 Å². The van der Waals surface area contributed by atoms with Gasteiger partial charge in [-0.2, -0.15) is 0 Å². The Morgan fingerprint density at radius 1 is 1.19 bits per heavy atom. The minimum absolute atomic E-state index is 0.202. The van der Waals surface area contributed by atoms with E-state index in [2.05, 4.69) is 5.32 Å². The standard InChI is InChI=1S/C16H17NO4/c1-10-8-9-21-14(10)15(18)17-13(11(2)16(19)20)12-6-4-3-5-7-12/h3-9,11,13H,1-2H3,(H,17,18)(H,19,20). The van der Waals surface area contributed by atoms with Crippen molar-refractivity contribution in [2.24, 2.45) is 5.92 Å². The van der Waals surface area contributed by atoms with Gasteiger partial charge in [-0.3, -0.25) is 9.59 Å². The normalized spacial score (nSPS) is 13.4. The third kappa shape index (κ3) is 3.31. The molecule has 5 nitrogen and oxygen atoms in total. The van der Waals surface area contributed by atoms with E-state index < -0.39 is 23.8 Å².